The molecule has 0 aliphatic heterocycles. The van der Waals surface area contributed by atoms with Gasteiger partial charge in [-0.25, -0.2) is 8.42 Å². The number of para-hydroxylation sites is 1. The monoisotopic (exact) mass is 418 g/mol. The topological polar surface area (TPSA) is 75.7 Å². The van der Waals surface area contributed by atoms with Crippen LogP contribution in [0.3, 0.4) is 0 Å². The van der Waals surface area contributed by atoms with Crippen LogP contribution in [0.15, 0.2) is 42.5 Å². The summed E-state index contributed by atoms with van der Waals surface area (Å²) in [6.07, 6.45) is 1.14. The van der Waals surface area contributed by atoms with Crippen LogP contribution in [0.2, 0.25) is 0 Å². The molecule has 2 rings (SSSR count). The molecule has 0 aromatic heterocycles. The zero-order valence-electron chi connectivity index (χ0n) is 17.9. The maximum Gasteiger partial charge on any atom is 0.251 e. The maximum absolute atomic E-state index is 12.4. The zero-order chi connectivity index (χ0) is 21.8. The Morgan fingerprint density at radius 2 is 1.79 bits per heavy atom. The highest BCUT2D eigenvalue weighted by molar-refractivity contribution is 7.92. The van der Waals surface area contributed by atoms with Crippen LogP contribution in [-0.2, 0) is 15.4 Å². The first-order valence-electron chi connectivity index (χ1n) is 9.46. The van der Waals surface area contributed by atoms with E-state index in [1.165, 1.54) is 11.4 Å². The van der Waals surface area contributed by atoms with E-state index in [9.17, 15) is 13.2 Å². The van der Waals surface area contributed by atoms with Crippen LogP contribution in [0.4, 0.5) is 5.69 Å². The molecule has 29 heavy (non-hydrogen) atoms. The molecule has 0 radical (unpaired) electrons. The molecule has 7 heteroatoms. The van der Waals surface area contributed by atoms with Crippen LogP contribution < -0.4 is 14.4 Å². The van der Waals surface area contributed by atoms with Gasteiger partial charge in [0.2, 0.25) is 10.0 Å². The van der Waals surface area contributed by atoms with Gasteiger partial charge in [-0.2, -0.15) is 0 Å². The molecule has 0 fully saturated rings. The van der Waals surface area contributed by atoms with Crippen LogP contribution >= 0.6 is 0 Å². The van der Waals surface area contributed by atoms with Gasteiger partial charge in [-0.3, -0.25) is 9.10 Å². The van der Waals surface area contributed by atoms with E-state index in [1.54, 1.807) is 25.1 Å². The molecule has 0 aliphatic carbocycles. The van der Waals surface area contributed by atoms with Crippen LogP contribution in [0.5, 0.6) is 5.75 Å². The molecule has 1 amide bonds. The number of carbonyl (C=O) groups is 1. The minimum atomic E-state index is -3.35. The number of anilines is 1. The number of nitrogens with zero attached hydrogens (tertiary/aromatic N) is 1. The molecule has 158 valence electrons. The fraction of sp³-hybridized carbons (Fsp3) is 0.409. The molecule has 2 aromatic rings. The highest BCUT2D eigenvalue weighted by Gasteiger charge is 2.18. The van der Waals surface area contributed by atoms with E-state index in [4.69, 9.17) is 4.74 Å². The van der Waals surface area contributed by atoms with Crippen molar-refractivity contribution in [2.24, 2.45) is 0 Å². The summed E-state index contributed by atoms with van der Waals surface area (Å²) in [5.74, 6) is 0.590. The van der Waals surface area contributed by atoms with E-state index in [0.717, 1.165) is 17.6 Å². The number of nitrogens with one attached hydrogen (secondary N) is 1. The molecule has 0 saturated heterocycles. The van der Waals surface area contributed by atoms with Crippen LogP contribution in [0.1, 0.15) is 42.3 Å². The molecule has 0 unspecified atom stereocenters. The summed E-state index contributed by atoms with van der Waals surface area (Å²) >= 11 is 0. The number of hydrogen-bond acceptors (Lipinski definition) is 4. The first-order chi connectivity index (χ1) is 13.4. The number of sulfonamides is 1. The zero-order valence-corrected chi connectivity index (χ0v) is 18.8. The van der Waals surface area contributed by atoms with Crippen LogP contribution in [-0.4, -0.2) is 40.8 Å². The summed E-state index contributed by atoms with van der Waals surface area (Å²) in [5.41, 5.74) is 2.82. The summed E-state index contributed by atoms with van der Waals surface area (Å²) < 4.78 is 30.5. The third kappa shape index (κ3) is 5.97. The van der Waals surface area contributed by atoms with E-state index in [-0.39, 0.29) is 11.3 Å². The van der Waals surface area contributed by atoms with Crippen molar-refractivity contribution in [1.29, 1.82) is 0 Å². The number of ether oxygens (including phenoxy) is 1. The molecule has 0 saturated carbocycles. The standard InChI is InChI=1S/C22H30N2O4S/c1-16-15-17(11-12-19(16)24(5)29(6,26)27)21(25)23-13-14-28-20-10-8-7-9-18(20)22(2,3)4/h7-12,15H,13-14H2,1-6H3,(H,23,25). The second-order valence-corrected chi connectivity index (χ2v) is 10.1. The van der Waals surface area contributed by atoms with Gasteiger partial charge in [-0.1, -0.05) is 39.0 Å². The van der Waals surface area contributed by atoms with E-state index in [1.807, 2.05) is 24.3 Å². The van der Waals surface area contributed by atoms with Gasteiger partial charge in [0.15, 0.2) is 0 Å². The summed E-state index contributed by atoms with van der Waals surface area (Å²) in [4.78, 5) is 12.4. The Labute approximate surface area is 173 Å². The largest absolute Gasteiger partial charge is 0.491 e. The number of aryl methyl sites for hydroxylation is 1. The van der Waals surface area contributed by atoms with Gasteiger partial charge in [0.1, 0.15) is 12.4 Å². The first kappa shape index (κ1) is 22.7. The Bertz CT molecular complexity index is 979. The number of rotatable bonds is 7. The maximum atomic E-state index is 12.4. The Morgan fingerprint density at radius 1 is 1.14 bits per heavy atom. The van der Waals surface area contributed by atoms with Crippen LogP contribution in [0, 0.1) is 6.92 Å². The molecule has 1 N–H and O–H groups in total. The third-order valence-corrected chi connectivity index (χ3v) is 5.83. The van der Waals surface area contributed by atoms with Crippen molar-refractivity contribution in [1.82, 2.24) is 5.32 Å². The minimum absolute atomic E-state index is 0.0295. The molecule has 0 atom stereocenters. The van der Waals surface area contributed by atoms with Crippen molar-refractivity contribution in [3.63, 3.8) is 0 Å². The SMILES string of the molecule is Cc1cc(C(=O)NCCOc2ccccc2C(C)(C)C)ccc1N(C)S(C)(=O)=O. The lowest BCUT2D eigenvalue weighted by Crippen LogP contribution is -2.29. The first-order valence-corrected chi connectivity index (χ1v) is 11.3. The highest BCUT2D eigenvalue weighted by atomic mass is 32.2. The second-order valence-electron chi connectivity index (χ2n) is 8.08. The summed E-state index contributed by atoms with van der Waals surface area (Å²) in [5, 5.41) is 2.84. The normalized spacial score (nSPS) is 11.8. The van der Waals surface area contributed by atoms with Gasteiger partial charge in [0.05, 0.1) is 18.5 Å². The second kappa shape index (κ2) is 8.86. The molecule has 0 spiro atoms. The smallest absolute Gasteiger partial charge is 0.251 e. The fourth-order valence-electron chi connectivity index (χ4n) is 2.97. The van der Waals surface area contributed by atoms with Crippen molar-refractivity contribution in [2.45, 2.75) is 33.1 Å². The van der Waals surface area contributed by atoms with E-state index < -0.39 is 10.0 Å². The van der Waals surface area contributed by atoms with Gasteiger partial charge < -0.3 is 10.1 Å². The molecule has 0 bridgehead atoms. The predicted octanol–water partition coefficient (Wildman–Crippen LogP) is 3.50. The lowest BCUT2D eigenvalue weighted by atomic mass is 9.86. The number of benzene rings is 2. The number of amides is 1. The third-order valence-electron chi connectivity index (χ3n) is 4.64. The van der Waals surface area contributed by atoms with Gasteiger partial charge in [-0.15, -0.1) is 0 Å². The van der Waals surface area contributed by atoms with Gasteiger partial charge in [-0.05, 0) is 47.7 Å². The summed E-state index contributed by atoms with van der Waals surface area (Å²) in [6.45, 7) is 8.88. The number of hydrogen-bond donors (Lipinski definition) is 1. The average Bonchev–Trinajstić information content (AvgIpc) is 2.63. The molecular weight excluding hydrogens is 388 g/mol. The quantitative estimate of drug-likeness (QED) is 0.699. The summed E-state index contributed by atoms with van der Waals surface area (Å²) in [6, 6.07) is 12.8. The van der Waals surface area contributed by atoms with Gasteiger partial charge in [0, 0.05) is 12.6 Å². The van der Waals surface area contributed by atoms with E-state index >= 15 is 0 Å². The fourth-order valence-corrected chi connectivity index (χ4v) is 3.53. The predicted molar refractivity (Wildman–Crippen MR) is 117 cm³/mol. The lowest BCUT2D eigenvalue weighted by Gasteiger charge is -2.22. The van der Waals surface area contributed by atoms with E-state index in [0.29, 0.717) is 30.0 Å². The van der Waals surface area contributed by atoms with Gasteiger partial charge >= 0.3 is 0 Å². The Kier molecular flexibility index (Phi) is 6.95. The molecule has 2 aromatic carbocycles. The Morgan fingerprint density at radius 3 is 2.38 bits per heavy atom. The van der Waals surface area contributed by atoms with Crippen molar-refractivity contribution >= 4 is 21.6 Å². The van der Waals surface area contributed by atoms with Crippen LogP contribution in [0.25, 0.3) is 0 Å². The lowest BCUT2D eigenvalue weighted by molar-refractivity contribution is 0.0946. The minimum Gasteiger partial charge on any atom is -0.491 e. The molecule has 0 heterocycles. The van der Waals surface area contributed by atoms with Crippen molar-refractivity contribution in [3.05, 3.63) is 59.2 Å². The molecule has 6 nitrogen and oxygen atoms in total. The average molecular weight is 419 g/mol. The van der Waals surface area contributed by atoms with Gasteiger partial charge in [0.25, 0.3) is 5.91 Å². The van der Waals surface area contributed by atoms with E-state index in [2.05, 4.69) is 26.1 Å². The van der Waals surface area contributed by atoms with Crippen molar-refractivity contribution in [3.8, 4) is 5.75 Å². The number of carbonyl (C=O) groups excluding carboxylic acids is 1. The Balaban J connectivity index is 1.97. The van der Waals surface area contributed by atoms with Crippen molar-refractivity contribution in [2.75, 3.05) is 30.8 Å². The summed E-state index contributed by atoms with van der Waals surface area (Å²) in [7, 11) is -1.86. The Hall–Kier alpha value is -2.54. The van der Waals surface area contributed by atoms with Crippen molar-refractivity contribution < 1.29 is 17.9 Å². The molecular formula is C22H30N2O4S. The molecule has 0 aliphatic rings. The highest BCUT2D eigenvalue weighted by Crippen LogP contribution is 2.30.